The van der Waals surface area contributed by atoms with Crippen molar-refractivity contribution in [1.82, 2.24) is 10.2 Å². The summed E-state index contributed by atoms with van der Waals surface area (Å²) in [5.74, 6) is 0.421. The molecule has 2 N–H and O–H groups in total. The number of hydrogen-bond acceptors (Lipinski definition) is 3. The van der Waals surface area contributed by atoms with Gasteiger partial charge in [-0.15, -0.1) is 0 Å². The van der Waals surface area contributed by atoms with Crippen LogP contribution in [0, 0.1) is 11.7 Å². The number of nitrogens with one attached hydrogen (secondary N) is 1. The minimum absolute atomic E-state index is 0.0234. The van der Waals surface area contributed by atoms with Gasteiger partial charge in [-0.2, -0.15) is 0 Å². The lowest BCUT2D eigenvalue weighted by Crippen LogP contribution is -2.32. The maximum absolute atomic E-state index is 13.7. The van der Waals surface area contributed by atoms with Gasteiger partial charge in [-0.1, -0.05) is 6.07 Å². The average Bonchev–Trinajstić information content (AvgIpc) is 2.41. The van der Waals surface area contributed by atoms with Gasteiger partial charge in [0.25, 0.3) is 0 Å². The first kappa shape index (κ1) is 15.3. The van der Waals surface area contributed by atoms with Crippen LogP contribution in [-0.2, 0) is 0 Å². The van der Waals surface area contributed by atoms with Crippen LogP contribution in [0.1, 0.15) is 37.8 Å². The van der Waals surface area contributed by atoms with E-state index in [-0.39, 0.29) is 17.6 Å². The number of piperidine rings is 1. The van der Waals surface area contributed by atoms with Gasteiger partial charge in [0, 0.05) is 17.7 Å². The molecular formula is C16H25FN2O. The molecule has 0 aromatic heterocycles. The maximum atomic E-state index is 13.7. The highest BCUT2D eigenvalue weighted by Crippen LogP contribution is 2.22. The minimum Gasteiger partial charge on any atom is -0.508 e. The molecule has 1 aromatic carbocycles. The van der Waals surface area contributed by atoms with E-state index in [4.69, 9.17) is 0 Å². The summed E-state index contributed by atoms with van der Waals surface area (Å²) in [6.07, 6.45) is 3.68. The summed E-state index contributed by atoms with van der Waals surface area (Å²) < 4.78 is 13.7. The van der Waals surface area contributed by atoms with Crippen LogP contribution in [0.15, 0.2) is 18.2 Å². The van der Waals surface area contributed by atoms with Gasteiger partial charge in [-0.05, 0) is 64.9 Å². The summed E-state index contributed by atoms with van der Waals surface area (Å²) in [5, 5.41) is 12.6. The van der Waals surface area contributed by atoms with Gasteiger partial charge in [0.15, 0.2) is 0 Å². The van der Waals surface area contributed by atoms with Crippen molar-refractivity contribution in [3.8, 4) is 5.75 Å². The second-order valence-corrected chi connectivity index (χ2v) is 5.92. The Kier molecular flexibility index (Phi) is 5.38. The van der Waals surface area contributed by atoms with E-state index in [1.54, 1.807) is 6.07 Å². The normalized spacial score (nSPS) is 19.1. The minimum atomic E-state index is -0.343. The summed E-state index contributed by atoms with van der Waals surface area (Å²) >= 11 is 0. The Morgan fingerprint density at radius 2 is 2.10 bits per heavy atom. The van der Waals surface area contributed by atoms with Gasteiger partial charge >= 0.3 is 0 Å². The molecule has 2 rings (SSSR count). The third-order valence-electron chi connectivity index (χ3n) is 4.29. The van der Waals surface area contributed by atoms with E-state index in [9.17, 15) is 9.50 Å². The van der Waals surface area contributed by atoms with Crippen LogP contribution in [0.5, 0.6) is 5.75 Å². The van der Waals surface area contributed by atoms with Crippen LogP contribution in [0.25, 0.3) is 0 Å². The third kappa shape index (κ3) is 4.18. The fourth-order valence-corrected chi connectivity index (χ4v) is 2.83. The smallest absolute Gasteiger partial charge is 0.131 e. The molecule has 0 saturated carbocycles. The first-order valence-corrected chi connectivity index (χ1v) is 7.46. The average molecular weight is 280 g/mol. The van der Waals surface area contributed by atoms with E-state index in [1.165, 1.54) is 38.1 Å². The molecule has 1 aliphatic heterocycles. The second-order valence-electron chi connectivity index (χ2n) is 5.92. The number of rotatable bonds is 5. The summed E-state index contributed by atoms with van der Waals surface area (Å²) in [4.78, 5) is 2.37. The number of phenols is 1. The van der Waals surface area contributed by atoms with Crippen LogP contribution in [0.2, 0.25) is 0 Å². The Morgan fingerprint density at radius 1 is 1.40 bits per heavy atom. The van der Waals surface area contributed by atoms with Crippen LogP contribution >= 0.6 is 0 Å². The quantitative estimate of drug-likeness (QED) is 0.870. The Labute approximate surface area is 120 Å². The van der Waals surface area contributed by atoms with E-state index in [2.05, 4.69) is 17.3 Å². The van der Waals surface area contributed by atoms with E-state index in [1.807, 2.05) is 6.92 Å². The van der Waals surface area contributed by atoms with Crippen molar-refractivity contribution in [2.75, 3.05) is 26.7 Å². The third-order valence-corrected chi connectivity index (χ3v) is 4.29. The zero-order valence-corrected chi connectivity index (χ0v) is 12.4. The first-order chi connectivity index (χ1) is 9.56. The monoisotopic (exact) mass is 280 g/mol. The molecule has 4 heteroatoms. The molecule has 1 aromatic rings. The molecule has 0 radical (unpaired) electrons. The highest BCUT2D eigenvalue weighted by molar-refractivity contribution is 5.29. The number of likely N-dealkylation sites (tertiary alicyclic amines) is 1. The first-order valence-electron chi connectivity index (χ1n) is 7.46. The van der Waals surface area contributed by atoms with Gasteiger partial charge in [0.05, 0.1) is 0 Å². The van der Waals surface area contributed by atoms with E-state index < -0.39 is 0 Å². The number of hydrogen-bond donors (Lipinski definition) is 2. The summed E-state index contributed by atoms with van der Waals surface area (Å²) in [6, 6.07) is 4.33. The number of benzene rings is 1. The van der Waals surface area contributed by atoms with Crippen molar-refractivity contribution in [3.63, 3.8) is 0 Å². The van der Waals surface area contributed by atoms with Crippen LogP contribution in [0.3, 0.4) is 0 Å². The summed E-state index contributed by atoms with van der Waals surface area (Å²) in [5.41, 5.74) is 0.617. The van der Waals surface area contributed by atoms with E-state index in [0.717, 1.165) is 18.9 Å². The lowest BCUT2D eigenvalue weighted by atomic mass is 9.93. The highest BCUT2D eigenvalue weighted by Gasteiger charge is 2.17. The van der Waals surface area contributed by atoms with Crippen molar-refractivity contribution < 1.29 is 9.50 Å². The van der Waals surface area contributed by atoms with Crippen molar-refractivity contribution in [2.45, 2.75) is 32.2 Å². The Bertz CT molecular complexity index is 430. The van der Waals surface area contributed by atoms with Crippen LogP contribution in [-0.4, -0.2) is 36.7 Å². The molecule has 1 heterocycles. The van der Waals surface area contributed by atoms with E-state index in [0.29, 0.717) is 5.56 Å². The molecule has 1 atom stereocenters. The molecular weight excluding hydrogens is 255 g/mol. The SMILES string of the molecule is CC(NCCC1CCN(C)CC1)c1ccc(O)cc1F. The van der Waals surface area contributed by atoms with Crippen molar-refractivity contribution in [1.29, 1.82) is 0 Å². The van der Waals surface area contributed by atoms with Gasteiger partial charge in [-0.3, -0.25) is 0 Å². The number of halogens is 1. The Balaban J connectivity index is 1.76. The lowest BCUT2D eigenvalue weighted by molar-refractivity contribution is 0.210. The van der Waals surface area contributed by atoms with Gasteiger partial charge in [-0.25, -0.2) is 4.39 Å². The predicted octanol–water partition coefficient (Wildman–Crippen LogP) is 2.91. The van der Waals surface area contributed by atoms with Gasteiger partial charge in [0.1, 0.15) is 11.6 Å². The molecule has 0 amide bonds. The zero-order chi connectivity index (χ0) is 14.5. The van der Waals surface area contributed by atoms with Crippen molar-refractivity contribution in [2.24, 2.45) is 5.92 Å². The Hall–Kier alpha value is -1.13. The Morgan fingerprint density at radius 3 is 2.75 bits per heavy atom. The largest absolute Gasteiger partial charge is 0.508 e. The molecule has 0 bridgehead atoms. The van der Waals surface area contributed by atoms with Gasteiger partial charge < -0.3 is 15.3 Å². The molecule has 0 aliphatic carbocycles. The van der Waals surface area contributed by atoms with Crippen molar-refractivity contribution in [3.05, 3.63) is 29.6 Å². The fourth-order valence-electron chi connectivity index (χ4n) is 2.83. The standard InChI is InChI=1S/C16H25FN2O/c1-12(15-4-3-14(20)11-16(15)17)18-8-5-13-6-9-19(2)10-7-13/h3-4,11-13,18,20H,5-10H2,1-2H3. The summed E-state index contributed by atoms with van der Waals surface area (Å²) in [7, 11) is 2.17. The number of aromatic hydroxyl groups is 1. The maximum Gasteiger partial charge on any atom is 0.131 e. The molecule has 1 unspecified atom stereocenters. The molecule has 0 spiro atoms. The molecule has 3 nitrogen and oxygen atoms in total. The van der Waals surface area contributed by atoms with Crippen LogP contribution in [0.4, 0.5) is 4.39 Å². The van der Waals surface area contributed by atoms with Crippen molar-refractivity contribution >= 4 is 0 Å². The highest BCUT2D eigenvalue weighted by atomic mass is 19.1. The lowest BCUT2D eigenvalue weighted by Gasteiger charge is -2.29. The number of phenolic OH excluding ortho intramolecular Hbond substituents is 1. The zero-order valence-electron chi connectivity index (χ0n) is 12.4. The molecule has 20 heavy (non-hydrogen) atoms. The molecule has 112 valence electrons. The predicted molar refractivity (Wildman–Crippen MR) is 79.3 cm³/mol. The molecule has 1 fully saturated rings. The van der Waals surface area contributed by atoms with Crippen LogP contribution < -0.4 is 5.32 Å². The van der Waals surface area contributed by atoms with E-state index >= 15 is 0 Å². The summed E-state index contributed by atoms with van der Waals surface area (Å²) in [6.45, 7) is 5.25. The molecule has 1 aliphatic rings. The molecule has 1 saturated heterocycles. The topological polar surface area (TPSA) is 35.5 Å². The fraction of sp³-hybridized carbons (Fsp3) is 0.625. The second kappa shape index (κ2) is 7.04. The van der Waals surface area contributed by atoms with Gasteiger partial charge in [0.2, 0.25) is 0 Å². The number of nitrogens with zero attached hydrogens (tertiary/aromatic N) is 1.